The summed E-state index contributed by atoms with van der Waals surface area (Å²) < 4.78 is 5.41. The minimum absolute atomic E-state index is 0.0916. The molecule has 1 aromatic heterocycles. The topological polar surface area (TPSA) is 57.6 Å². The van der Waals surface area contributed by atoms with Crippen LogP contribution in [-0.2, 0) is 11.2 Å². The Bertz CT molecular complexity index is 929. The molecule has 1 saturated carbocycles. The smallest absolute Gasteiger partial charge is 0.129 e. The molecule has 0 radical (unpaired) electrons. The third-order valence-corrected chi connectivity index (χ3v) is 6.66. The number of β-amino-alcohol motifs (C(OH)–C–C–N with tert-alkyl or cyclic N) is 1. The molecule has 5 nitrogen and oxygen atoms in total. The third kappa shape index (κ3) is 5.10. The van der Waals surface area contributed by atoms with Gasteiger partial charge in [0.1, 0.15) is 11.9 Å². The van der Waals surface area contributed by atoms with Gasteiger partial charge < -0.3 is 20.1 Å². The Morgan fingerprint density at radius 1 is 1.13 bits per heavy atom. The van der Waals surface area contributed by atoms with E-state index >= 15 is 0 Å². The van der Waals surface area contributed by atoms with Crippen LogP contribution >= 0.6 is 0 Å². The number of hydrogen-bond acceptors (Lipinski definition) is 5. The van der Waals surface area contributed by atoms with E-state index in [1.165, 1.54) is 24.8 Å². The van der Waals surface area contributed by atoms with E-state index in [4.69, 9.17) is 9.72 Å². The molecule has 2 aromatic rings. The van der Waals surface area contributed by atoms with E-state index in [0.717, 1.165) is 36.3 Å². The van der Waals surface area contributed by atoms with Crippen molar-refractivity contribution in [2.75, 3.05) is 32.1 Å². The molecule has 0 bridgehead atoms. The molecular weight excluding hydrogens is 386 g/mol. The quantitative estimate of drug-likeness (QED) is 0.730. The fraction of sp³-hybridized carbons (Fsp3) is 0.500. The number of aliphatic hydroxyl groups excluding tert-OH is 1. The summed E-state index contributed by atoms with van der Waals surface area (Å²) in [5.41, 5.74) is 3.09. The van der Waals surface area contributed by atoms with Gasteiger partial charge in [-0.3, -0.25) is 0 Å². The van der Waals surface area contributed by atoms with E-state index in [0.29, 0.717) is 13.1 Å². The van der Waals surface area contributed by atoms with Gasteiger partial charge in [-0.25, -0.2) is 4.98 Å². The van der Waals surface area contributed by atoms with Crippen LogP contribution in [0.1, 0.15) is 48.9 Å². The van der Waals surface area contributed by atoms with Crippen molar-refractivity contribution in [2.24, 2.45) is 0 Å². The molecular formula is C26H33N3O2. The molecule has 1 saturated heterocycles. The van der Waals surface area contributed by atoms with Crippen molar-refractivity contribution < 1.29 is 9.84 Å². The Balaban J connectivity index is 1.65. The van der Waals surface area contributed by atoms with Gasteiger partial charge >= 0.3 is 0 Å². The zero-order chi connectivity index (χ0) is 21.7. The monoisotopic (exact) mass is 419 g/mol. The van der Waals surface area contributed by atoms with Crippen LogP contribution in [0.3, 0.4) is 0 Å². The normalized spacial score (nSPS) is 22.7. The molecule has 1 aromatic carbocycles. The molecule has 2 fully saturated rings. The van der Waals surface area contributed by atoms with Crippen LogP contribution in [0.15, 0.2) is 42.5 Å². The lowest BCUT2D eigenvalue weighted by Crippen LogP contribution is -2.43. The minimum Gasteiger partial charge on any atom is -0.388 e. The predicted octanol–water partition coefficient (Wildman–Crippen LogP) is 3.14. The fourth-order valence-electron chi connectivity index (χ4n) is 4.66. The largest absolute Gasteiger partial charge is 0.388 e. The summed E-state index contributed by atoms with van der Waals surface area (Å²) in [6, 6.07) is 14.5. The lowest BCUT2D eigenvalue weighted by molar-refractivity contribution is 0.0217. The van der Waals surface area contributed by atoms with Crippen LogP contribution in [0.4, 0.5) is 5.82 Å². The predicted molar refractivity (Wildman–Crippen MR) is 124 cm³/mol. The standard InChI is InChI=1S/C26H33N3O2/c1-27-26(14-7-4-8-15-26)16-13-21-11-12-25(29-18-23(30)24(19-29)31-2)28-22(21)17-20-9-5-3-6-10-20/h3,5-6,9-12,23-24,27,30H,4,7-8,14-15,17-19H2,1-2H3/t23-,24-/m1/s1. The number of aromatic nitrogens is 1. The molecule has 164 valence electrons. The van der Waals surface area contributed by atoms with Gasteiger partial charge in [-0.15, -0.1) is 0 Å². The second-order valence-electron chi connectivity index (χ2n) is 8.72. The van der Waals surface area contributed by atoms with Gasteiger partial charge in [0.05, 0.1) is 17.3 Å². The maximum absolute atomic E-state index is 10.2. The second-order valence-corrected chi connectivity index (χ2v) is 8.72. The van der Waals surface area contributed by atoms with E-state index in [-0.39, 0.29) is 11.6 Å². The van der Waals surface area contributed by atoms with Crippen molar-refractivity contribution >= 4 is 5.82 Å². The Hall–Kier alpha value is -2.39. The molecule has 31 heavy (non-hydrogen) atoms. The summed E-state index contributed by atoms with van der Waals surface area (Å²) in [7, 11) is 3.67. The highest BCUT2D eigenvalue weighted by atomic mass is 16.5. The first-order chi connectivity index (χ1) is 15.1. The Kier molecular flexibility index (Phi) is 6.92. The van der Waals surface area contributed by atoms with Crippen molar-refractivity contribution in [1.82, 2.24) is 10.3 Å². The van der Waals surface area contributed by atoms with E-state index < -0.39 is 6.10 Å². The Morgan fingerprint density at radius 2 is 1.90 bits per heavy atom. The first kappa shape index (κ1) is 21.8. The van der Waals surface area contributed by atoms with Gasteiger partial charge in [-0.05, 0) is 37.6 Å². The summed E-state index contributed by atoms with van der Waals surface area (Å²) in [5.74, 6) is 7.91. The molecule has 2 aliphatic rings. The van der Waals surface area contributed by atoms with Crippen molar-refractivity contribution in [3.05, 3.63) is 59.3 Å². The van der Waals surface area contributed by atoms with Crippen molar-refractivity contribution in [1.29, 1.82) is 0 Å². The van der Waals surface area contributed by atoms with E-state index in [2.05, 4.69) is 52.4 Å². The molecule has 1 aliphatic heterocycles. The van der Waals surface area contributed by atoms with Crippen molar-refractivity contribution in [3.8, 4) is 11.8 Å². The van der Waals surface area contributed by atoms with Crippen LogP contribution in [-0.4, -0.2) is 55.1 Å². The van der Waals surface area contributed by atoms with Gasteiger partial charge in [0.2, 0.25) is 0 Å². The lowest BCUT2D eigenvalue weighted by Gasteiger charge is -2.32. The zero-order valence-electron chi connectivity index (χ0n) is 18.6. The van der Waals surface area contributed by atoms with Crippen molar-refractivity contribution in [2.45, 2.75) is 56.3 Å². The number of nitrogens with one attached hydrogen (secondary N) is 1. The number of aliphatic hydroxyl groups is 1. The first-order valence-electron chi connectivity index (χ1n) is 11.3. The number of nitrogens with zero attached hydrogens (tertiary/aromatic N) is 2. The van der Waals surface area contributed by atoms with Crippen LogP contribution in [0.2, 0.25) is 0 Å². The van der Waals surface area contributed by atoms with Crippen LogP contribution in [0.5, 0.6) is 0 Å². The van der Waals surface area contributed by atoms with E-state index in [1.54, 1.807) is 7.11 Å². The van der Waals surface area contributed by atoms with Crippen LogP contribution in [0, 0.1) is 11.8 Å². The third-order valence-electron chi connectivity index (χ3n) is 6.66. The van der Waals surface area contributed by atoms with Crippen LogP contribution in [0.25, 0.3) is 0 Å². The second kappa shape index (κ2) is 9.82. The van der Waals surface area contributed by atoms with Gasteiger partial charge in [0, 0.05) is 32.2 Å². The molecule has 0 unspecified atom stereocenters. The van der Waals surface area contributed by atoms with Gasteiger partial charge in [-0.2, -0.15) is 0 Å². The van der Waals surface area contributed by atoms with Gasteiger partial charge in [0.15, 0.2) is 0 Å². The molecule has 4 rings (SSSR count). The number of methoxy groups -OCH3 is 1. The molecule has 2 atom stereocenters. The number of anilines is 1. The summed E-state index contributed by atoms with van der Waals surface area (Å²) in [6.45, 7) is 1.17. The van der Waals surface area contributed by atoms with Gasteiger partial charge in [0.25, 0.3) is 0 Å². The van der Waals surface area contributed by atoms with E-state index in [9.17, 15) is 5.11 Å². The Morgan fingerprint density at radius 3 is 2.58 bits per heavy atom. The lowest BCUT2D eigenvalue weighted by atomic mass is 9.82. The highest BCUT2D eigenvalue weighted by Crippen LogP contribution is 2.28. The number of rotatable bonds is 5. The molecule has 0 amide bonds. The summed E-state index contributed by atoms with van der Waals surface area (Å²) in [5, 5.41) is 13.7. The van der Waals surface area contributed by atoms with Crippen LogP contribution < -0.4 is 10.2 Å². The Labute approximate surface area is 185 Å². The number of hydrogen-bond donors (Lipinski definition) is 2. The molecule has 2 N–H and O–H groups in total. The van der Waals surface area contributed by atoms with Crippen molar-refractivity contribution in [3.63, 3.8) is 0 Å². The molecule has 2 heterocycles. The molecule has 5 heteroatoms. The number of pyridine rings is 1. The minimum atomic E-state index is -0.495. The zero-order valence-corrected chi connectivity index (χ0v) is 18.6. The fourth-order valence-corrected chi connectivity index (χ4v) is 4.66. The first-order valence-corrected chi connectivity index (χ1v) is 11.3. The molecule has 1 aliphatic carbocycles. The summed E-state index contributed by atoms with van der Waals surface area (Å²) in [4.78, 5) is 7.10. The van der Waals surface area contributed by atoms with Gasteiger partial charge in [-0.1, -0.05) is 61.4 Å². The van der Waals surface area contributed by atoms with E-state index in [1.807, 2.05) is 19.2 Å². The average Bonchev–Trinajstić information content (AvgIpc) is 3.20. The number of ether oxygens (including phenoxy) is 1. The SMILES string of the molecule is CNC1(C#Cc2ccc(N3C[C@@H](O)[C@H](OC)C3)nc2Cc2ccccc2)CCCCC1. The highest BCUT2D eigenvalue weighted by molar-refractivity contribution is 5.50. The average molecular weight is 420 g/mol. The molecule has 0 spiro atoms. The summed E-state index contributed by atoms with van der Waals surface area (Å²) in [6.07, 6.45) is 6.00. The highest BCUT2D eigenvalue weighted by Gasteiger charge is 2.32. The maximum Gasteiger partial charge on any atom is 0.129 e. The number of benzene rings is 1. The summed E-state index contributed by atoms with van der Waals surface area (Å²) >= 11 is 0. The maximum atomic E-state index is 10.2.